The quantitative estimate of drug-likeness (QED) is 0.356. The van der Waals surface area contributed by atoms with Crippen molar-refractivity contribution in [1.82, 2.24) is 5.32 Å². The Kier molecular flexibility index (Phi) is 5.46. The summed E-state index contributed by atoms with van der Waals surface area (Å²) in [5, 5.41) is 11.8. The Hall–Kier alpha value is -4.04. The summed E-state index contributed by atoms with van der Waals surface area (Å²) in [5.41, 5.74) is 2.84. The molecule has 2 aromatic carbocycles. The van der Waals surface area contributed by atoms with Crippen LogP contribution in [0.15, 0.2) is 64.6 Å². The zero-order valence-corrected chi connectivity index (χ0v) is 18.0. The molecule has 2 amide bonds. The first-order chi connectivity index (χ1) is 15.3. The minimum Gasteiger partial charge on any atom is -0.478 e. The van der Waals surface area contributed by atoms with Crippen molar-refractivity contribution in [2.24, 2.45) is 0 Å². The van der Waals surface area contributed by atoms with Crippen LogP contribution in [0.2, 0.25) is 0 Å². The van der Waals surface area contributed by atoms with Gasteiger partial charge in [-0.05, 0) is 73.6 Å². The highest BCUT2D eigenvalue weighted by atomic mass is 32.1. The van der Waals surface area contributed by atoms with Crippen LogP contribution < -0.4 is 10.2 Å². The lowest BCUT2D eigenvalue weighted by Gasteiger charge is -2.29. The second-order valence-electron chi connectivity index (χ2n) is 7.28. The molecule has 0 aliphatic carbocycles. The number of hydrogen-bond acceptors (Lipinski definition) is 5. The normalized spacial score (nSPS) is 15.2. The fraction of sp³-hybridized carbons (Fsp3) is 0.0833. The van der Waals surface area contributed by atoms with Gasteiger partial charge in [-0.3, -0.25) is 19.8 Å². The Labute approximate surface area is 189 Å². The zero-order valence-electron chi connectivity index (χ0n) is 17.2. The van der Waals surface area contributed by atoms with Crippen molar-refractivity contribution in [3.8, 4) is 11.3 Å². The van der Waals surface area contributed by atoms with Gasteiger partial charge in [0, 0.05) is 5.56 Å². The van der Waals surface area contributed by atoms with Crippen LogP contribution in [0.25, 0.3) is 17.4 Å². The van der Waals surface area contributed by atoms with Crippen molar-refractivity contribution in [2.45, 2.75) is 13.8 Å². The lowest BCUT2D eigenvalue weighted by molar-refractivity contribution is -0.122. The van der Waals surface area contributed by atoms with Crippen molar-refractivity contribution in [2.75, 3.05) is 4.90 Å². The number of carbonyl (C=O) groups is 3. The second-order valence-corrected chi connectivity index (χ2v) is 7.67. The first kappa shape index (κ1) is 21.2. The number of furan rings is 1. The molecular weight excluding hydrogens is 428 g/mol. The monoisotopic (exact) mass is 446 g/mol. The van der Waals surface area contributed by atoms with Crippen LogP contribution in [-0.2, 0) is 9.59 Å². The van der Waals surface area contributed by atoms with E-state index in [4.69, 9.17) is 16.6 Å². The average Bonchev–Trinajstić information content (AvgIpc) is 3.21. The van der Waals surface area contributed by atoms with E-state index in [2.05, 4.69) is 5.32 Å². The van der Waals surface area contributed by atoms with Gasteiger partial charge < -0.3 is 9.52 Å². The van der Waals surface area contributed by atoms with E-state index < -0.39 is 17.8 Å². The Bertz CT molecular complexity index is 1320. The number of aryl methyl sites for hydroxylation is 2. The average molecular weight is 446 g/mol. The Morgan fingerprint density at radius 2 is 1.81 bits per heavy atom. The van der Waals surface area contributed by atoms with Crippen molar-refractivity contribution >= 4 is 46.9 Å². The molecule has 0 spiro atoms. The van der Waals surface area contributed by atoms with E-state index in [1.807, 2.05) is 26.0 Å². The van der Waals surface area contributed by atoms with Crippen LogP contribution >= 0.6 is 12.2 Å². The van der Waals surface area contributed by atoms with Crippen LogP contribution in [0.3, 0.4) is 0 Å². The van der Waals surface area contributed by atoms with Gasteiger partial charge in [-0.1, -0.05) is 24.3 Å². The van der Waals surface area contributed by atoms with Crippen molar-refractivity contribution in [3.05, 3.63) is 82.6 Å². The van der Waals surface area contributed by atoms with Gasteiger partial charge in [0.15, 0.2) is 5.11 Å². The molecular formula is C24H18N2O5S. The van der Waals surface area contributed by atoms with Gasteiger partial charge in [-0.25, -0.2) is 4.79 Å². The number of carboxylic acid groups (broad SMARTS) is 1. The second kappa shape index (κ2) is 8.24. The first-order valence-corrected chi connectivity index (χ1v) is 10.1. The molecule has 0 saturated carbocycles. The Morgan fingerprint density at radius 1 is 1.06 bits per heavy atom. The van der Waals surface area contributed by atoms with Gasteiger partial charge in [0.25, 0.3) is 11.8 Å². The van der Waals surface area contributed by atoms with Gasteiger partial charge in [0.1, 0.15) is 17.1 Å². The van der Waals surface area contributed by atoms with E-state index in [0.717, 1.165) is 11.1 Å². The number of anilines is 1. The lowest BCUT2D eigenvalue weighted by Crippen LogP contribution is -2.54. The lowest BCUT2D eigenvalue weighted by atomic mass is 10.0. The van der Waals surface area contributed by atoms with E-state index in [0.29, 0.717) is 17.0 Å². The third kappa shape index (κ3) is 3.83. The molecule has 4 rings (SSSR count). The van der Waals surface area contributed by atoms with Gasteiger partial charge in [0.2, 0.25) is 0 Å². The van der Waals surface area contributed by atoms with E-state index in [-0.39, 0.29) is 22.0 Å². The summed E-state index contributed by atoms with van der Waals surface area (Å²) in [5.74, 6) is -1.53. The molecule has 160 valence electrons. The number of hydrogen-bond donors (Lipinski definition) is 2. The Balaban J connectivity index is 1.71. The highest BCUT2D eigenvalue weighted by Crippen LogP contribution is 2.29. The minimum atomic E-state index is -1.04. The fourth-order valence-corrected chi connectivity index (χ4v) is 3.70. The largest absolute Gasteiger partial charge is 0.478 e. The molecule has 2 heterocycles. The maximum atomic E-state index is 13.2. The molecule has 1 saturated heterocycles. The Morgan fingerprint density at radius 3 is 2.53 bits per heavy atom. The van der Waals surface area contributed by atoms with Gasteiger partial charge in [0.05, 0.1) is 11.3 Å². The van der Waals surface area contributed by atoms with Crippen LogP contribution in [0, 0.1) is 13.8 Å². The first-order valence-electron chi connectivity index (χ1n) is 9.67. The molecule has 1 fully saturated rings. The summed E-state index contributed by atoms with van der Waals surface area (Å²) in [6.45, 7) is 3.68. The standard InChI is InChI=1S/C24H18N2O5S/c1-13-7-8-15(23(29)30)11-17(13)20-10-9-16(31-20)12-18-21(27)25-24(32)26(22(18)28)19-6-4-3-5-14(19)2/h3-12H,1-2H3,(H,29,30)(H,25,27,32)/b18-12+. The zero-order chi connectivity index (χ0) is 23.0. The number of thiocarbonyl (C=S) groups is 1. The summed E-state index contributed by atoms with van der Waals surface area (Å²) in [7, 11) is 0. The van der Waals surface area contributed by atoms with Gasteiger partial charge >= 0.3 is 5.97 Å². The molecule has 8 heteroatoms. The number of nitrogens with one attached hydrogen (secondary N) is 1. The highest BCUT2D eigenvalue weighted by molar-refractivity contribution is 7.80. The van der Waals surface area contributed by atoms with E-state index >= 15 is 0 Å². The topological polar surface area (TPSA) is 99.8 Å². The van der Waals surface area contributed by atoms with Crippen molar-refractivity contribution in [1.29, 1.82) is 0 Å². The number of para-hydroxylation sites is 1. The number of carbonyl (C=O) groups excluding carboxylic acids is 2. The molecule has 0 atom stereocenters. The molecule has 0 bridgehead atoms. The molecule has 7 nitrogen and oxygen atoms in total. The summed E-state index contributed by atoms with van der Waals surface area (Å²) in [6.07, 6.45) is 1.35. The summed E-state index contributed by atoms with van der Waals surface area (Å²) in [4.78, 5) is 38.2. The third-order valence-electron chi connectivity index (χ3n) is 5.12. The molecule has 0 radical (unpaired) electrons. The number of nitrogens with zero attached hydrogens (tertiary/aromatic N) is 1. The minimum absolute atomic E-state index is 0.00712. The molecule has 3 aromatic rings. The highest BCUT2D eigenvalue weighted by Gasteiger charge is 2.35. The molecule has 2 N–H and O–H groups in total. The molecule has 1 aliphatic heterocycles. The number of aromatic carboxylic acids is 1. The smallest absolute Gasteiger partial charge is 0.335 e. The van der Waals surface area contributed by atoms with Crippen LogP contribution in [0.1, 0.15) is 27.2 Å². The predicted molar refractivity (Wildman–Crippen MR) is 123 cm³/mol. The van der Waals surface area contributed by atoms with Crippen molar-refractivity contribution < 1.29 is 23.9 Å². The number of carboxylic acids is 1. The number of benzene rings is 2. The maximum Gasteiger partial charge on any atom is 0.335 e. The maximum absolute atomic E-state index is 13.2. The summed E-state index contributed by atoms with van der Waals surface area (Å²) < 4.78 is 5.82. The van der Waals surface area contributed by atoms with Crippen LogP contribution in [0.5, 0.6) is 0 Å². The SMILES string of the molecule is Cc1ccc(C(=O)O)cc1-c1ccc(/C=C2\C(=O)NC(=S)N(c3ccccc3C)C2=O)o1. The molecule has 1 aliphatic rings. The molecule has 0 unspecified atom stereocenters. The van der Waals surface area contributed by atoms with E-state index in [1.165, 1.54) is 23.1 Å². The fourth-order valence-electron chi connectivity index (χ4n) is 3.43. The van der Waals surface area contributed by atoms with Crippen molar-refractivity contribution in [3.63, 3.8) is 0 Å². The molecule has 32 heavy (non-hydrogen) atoms. The predicted octanol–water partition coefficient (Wildman–Crippen LogP) is 4.09. The summed E-state index contributed by atoms with van der Waals surface area (Å²) in [6, 6.07) is 15.2. The van der Waals surface area contributed by atoms with E-state index in [9.17, 15) is 19.5 Å². The molecule has 1 aromatic heterocycles. The van der Waals surface area contributed by atoms with Gasteiger partial charge in [-0.15, -0.1) is 0 Å². The van der Waals surface area contributed by atoms with Crippen LogP contribution in [-0.4, -0.2) is 28.0 Å². The third-order valence-corrected chi connectivity index (χ3v) is 5.41. The van der Waals surface area contributed by atoms with Gasteiger partial charge in [-0.2, -0.15) is 0 Å². The number of amides is 2. The van der Waals surface area contributed by atoms with Crippen LogP contribution in [0.4, 0.5) is 5.69 Å². The number of rotatable bonds is 4. The van der Waals surface area contributed by atoms with E-state index in [1.54, 1.807) is 30.3 Å². The summed E-state index contributed by atoms with van der Waals surface area (Å²) >= 11 is 5.23.